The van der Waals surface area contributed by atoms with Crippen LogP contribution in [0, 0.1) is 70.6 Å². The number of carbonyl (C=O) groups excluding carboxylic acids is 7. The zero-order valence-electron chi connectivity index (χ0n) is 91.2. The van der Waals surface area contributed by atoms with Gasteiger partial charge in [-0.2, -0.15) is 23.1 Å². The summed E-state index contributed by atoms with van der Waals surface area (Å²) in [4.78, 5) is 104. The lowest BCUT2D eigenvalue weighted by atomic mass is 9.82. The van der Waals surface area contributed by atoms with Crippen molar-refractivity contribution in [2.24, 2.45) is 67.5 Å². The van der Waals surface area contributed by atoms with Crippen molar-refractivity contribution in [3.63, 3.8) is 0 Å². The number of ether oxygens (including phenoxy) is 1. The number of aliphatic hydroxyl groups is 2. The number of H-pyrrole nitrogens is 1. The first-order chi connectivity index (χ1) is 60.7. The number of sulfone groups is 3. The molecular weight excluding hydrogens is 1920 g/mol. The molecule has 1 aliphatic carbocycles. The number of ketones is 3. The second-order valence-corrected chi connectivity index (χ2v) is 57.5. The van der Waals surface area contributed by atoms with Crippen molar-refractivity contribution in [2.45, 2.75) is 320 Å². The zero-order chi connectivity index (χ0) is 112. The fraction of sp³-hybridized carbons (Fsp3) is 0.764. The number of aliphatic imine (C=N–C) groups is 1. The number of amides is 4. The molecule has 2 atom stereocenters. The van der Waals surface area contributed by atoms with E-state index in [0.29, 0.717) is 29.6 Å². The lowest BCUT2D eigenvalue weighted by Crippen LogP contribution is -2.41. The van der Waals surface area contributed by atoms with E-state index in [1.165, 1.54) is 58.3 Å². The maximum Gasteiger partial charge on any atom is 0.438 e. The van der Waals surface area contributed by atoms with Crippen LogP contribution in [-0.4, -0.2) is 240 Å². The van der Waals surface area contributed by atoms with E-state index in [2.05, 4.69) is 92.9 Å². The second-order valence-electron chi connectivity index (χ2n) is 39.3. The highest BCUT2D eigenvalue weighted by Gasteiger charge is 2.33. The number of aromatic nitrogens is 4. The number of nitrogens with zero attached hydrogens (tertiary/aromatic N) is 8. The van der Waals surface area contributed by atoms with Gasteiger partial charge in [0.1, 0.15) is 55.6 Å². The van der Waals surface area contributed by atoms with Gasteiger partial charge in [0, 0.05) is 115 Å². The van der Waals surface area contributed by atoms with Crippen LogP contribution in [0.4, 0.5) is 0 Å². The van der Waals surface area contributed by atoms with Crippen LogP contribution in [0.15, 0.2) is 75.5 Å². The summed E-state index contributed by atoms with van der Waals surface area (Å²) in [5.41, 5.74) is 2.85. The maximum atomic E-state index is 11.3. The van der Waals surface area contributed by atoms with Gasteiger partial charge >= 0.3 is 16.0 Å². The third-order valence-corrected chi connectivity index (χ3v) is 28.8. The van der Waals surface area contributed by atoms with Crippen molar-refractivity contribution in [1.82, 2.24) is 44.8 Å². The number of carbonyl (C=O) groups is 7. The number of hydrogen-bond donors (Lipinski definition) is 9. The van der Waals surface area contributed by atoms with Gasteiger partial charge in [-0.05, 0) is 87.5 Å². The number of aliphatic hydroxyl groups excluding tert-OH is 2. The summed E-state index contributed by atoms with van der Waals surface area (Å²) in [7, 11) is -15.8. The molecule has 0 aromatic carbocycles. The van der Waals surface area contributed by atoms with Crippen LogP contribution in [0.5, 0.6) is 0 Å². The first kappa shape index (κ1) is 152. The number of aryl methyl sites for hydroxylation is 1. The van der Waals surface area contributed by atoms with Crippen molar-refractivity contribution in [3.8, 4) is 6.19 Å². The number of nitrogens with one attached hydrogen (secondary N) is 5. The SMILES string of the molecule is C=C1C(=O)C(C(C)C)=C1O.CC(=O)C(C)C.CC(C)(C)C(=O)NS(C)(=O)=O.CC(C)(C)C1=NCN=N1.CC(C)(C)c1noc(=O)[nH]1.CC(C)C(=O)NC#N.CC(C)C(=O)NO.CC(C)C(=O)NS(=O)(=O)N(C)C.CC(C)C(C)O.CC(C)P(C)(=O)O.CC(C)P(C)(C)=O.CC(C)S(=O)(=O)Cc1ncco1.CC(C)S(C)(=O)=O.CC(C)S(C)(=O)=O.COCC(=O)C(C)C.Cc1cc(C(C)(C)C)on1. The summed E-state index contributed by atoms with van der Waals surface area (Å²) in [6.07, 6.45) is 7.63. The average Bonchev–Trinajstić information content (AvgIpc) is 1.75. The molecule has 0 radical (unpaired) electrons. The highest BCUT2D eigenvalue weighted by molar-refractivity contribution is 7.91. The van der Waals surface area contributed by atoms with Crippen LogP contribution in [-0.2, 0) is 114 Å². The third kappa shape index (κ3) is 89.4. The third-order valence-electron chi connectivity index (χ3n) is 17.0. The van der Waals surface area contributed by atoms with Crippen LogP contribution in [0.1, 0.15) is 286 Å². The summed E-state index contributed by atoms with van der Waals surface area (Å²) in [6.45, 7) is 80.5. The molecule has 48 heteroatoms. The number of hydrogen-bond acceptors (Lipinski definition) is 34. The van der Waals surface area contributed by atoms with E-state index >= 15 is 0 Å². The molecule has 0 bridgehead atoms. The van der Waals surface area contributed by atoms with Crippen LogP contribution < -0.4 is 26.0 Å². The molecule has 41 nitrogen and oxygen atoms in total. The van der Waals surface area contributed by atoms with E-state index in [0.717, 1.165) is 27.9 Å². The molecule has 3 aromatic heterocycles. The summed E-state index contributed by atoms with van der Waals surface area (Å²) >= 11 is 0. The summed E-state index contributed by atoms with van der Waals surface area (Å²) in [5.74, 6) is 1.17. The smallest absolute Gasteiger partial charge is 0.438 e. The van der Waals surface area contributed by atoms with Gasteiger partial charge in [-0.15, -0.1) is 5.11 Å². The Morgan fingerprint density at radius 2 is 1.03 bits per heavy atom. The van der Waals surface area contributed by atoms with Crippen LogP contribution >= 0.6 is 14.5 Å². The van der Waals surface area contributed by atoms with Gasteiger partial charge in [-0.25, -0.2) is 58.6 Å². The molecule has 0 saturated carbocycles. The Morgan fingerprint density at radius 1 is 0.635 bits per heavy atom. The fourth-order valence-electron chi connectivity index (χ4n) is 4.86. The minimum atomic E-state index is -3.61. The number of rotatable bonds is 19. The Hall–Kier alpha value is -7.70. The van der Waals surface area contributed by atoms with Crippen LogP contribution in [0.25, 0.3) is 0 Å². The van der Waals surface area contributed by atoms with Gasteiger partial charge in [0.15, 0.2) is 53.3 Å². The van der Waals surface area contributed by atoms with E-state index in [1.54, 1.807) is 138 Å². The molecule has 0 spiro atoms. The summed E-state index contributed by atoms with van der Waals surface area (Å²) in [6, 6.07) is 1.97. The minimum absolute atomic E-state index is 0.0694. The van der Waals surface area contributed by atoms with Crippen molar-refractivity contribution < 1.29 is 123 Å². The van der Waals surface area contributed by atoms with Crippen molar-refractivity contribution in [2.75, 3.05) is 73.2 Å². The molecule has 137 heavy (non-hydrogen) atoms. The van der Waals surface area contributed by atoms with Gasteiger partial charge in [0.2, 0.25) is 39.5 Å². The van der Waals surface area contributed by atoms with E-state index in [9.17, 15) is 89.6 Å². The molecule has 0 fully saturated rings. The predicted octanol–water partition coefficient (Wildman–Crippen LogP) is 14.8. The van der Waals surface area contributed by atoms with Crippen molar-refractivity contribution >= 4 is 111 Å². The number of sulfonamides is 1. The Kier molecular flexibility index (Phi) is 79.6. The lowest BCUT2D eigenvalue weighted by Gasteiger charge is -2.22. The Labute approximate surface area is 821 Å². The van der Waals surface area contributed by atoms with Crippen LogP contribution in [0.3, 0.4) is 0 Å². The van der Waals surface area contributed by atoms with Gasteiger partial charge in [0.05, 0.1) is 52.7 Å². The number of azo groups is 1. The Morgan fingerprint density at radius 3 is 1.17 bits per heavy atom. The molecule has 2 aliphatic rings. The standard InChI is InChI=1S/C8H13NO.C8H10O2.C7H11NO3S.C6H11N3.C6H14N2O3S.C6H10N2O2.C6H13NO3S.C6H12O2.C5H8N2O.C5H13OP.C5H12O.C5H10O.C4H9NO2.C4H11O2P.2C4H10O2S/c1-6-5-7(10-9-6)8(2,3)4;1-4(2)6-7(9)5(3)8(6)10;1-6(2)12(9,10)5-7-8-3-4-11-7;1-6(2,3)5-7-4-8-9-5;1-5(2)6(9)7-12(10,11)8(3)4;1-6(2,3)4-7-5(9)10-8-4;1-6(2,3)5(8)7-11(4,9)10;1-5(2)6(7)4-8-3;1-4(2)5(8)7-3-6;1-5(2)7(3,4)6;2*1-4(2)5(3)6;1-3(2)4(6)5-7;3*1-4(2)7(3,5)6/h5H,1-4H3;4,9H,3H2,1-2H3;3-4,6H,5H2,1-2H3;4H2,1-3H3;5H,1-4H3,(H,7,9);1-3H3,(H,7,8,9);1-4H3,(H,7,8);5H,4H2,1-3H3;4H,1-2H3,(H,7,8);5H,1-4H3;4-6H,1-3H3;4H,1-3H3;3,7H,1-2H3,(H,5,6);4H,1-3H3,(H,5,6);2*4H,1-3H3. The predicted molar refractivity (Wildman–Crippen MR) is 546 cm³/mol. The number of aromatic amines is 1. The fourth-order valence-corrected chi connectivity index (χ4v) is 6.99. The molecule has 4 amide bonds. The minimum Gasteiger partial charge on any atom is -0.507 e. The van der Waals surface area contributed by atoms with E-state index in [4.69, 9.17) is 34.5 Å². The number of allylic oxidation sites excluding steroid dienone is 2. The Balaban J connectivity index is -0.000000138. The van der Waals surface area contributed by atoms with Gasteiger partial charge in [-0.1, -0.05) is 225 Å². The molecule has 4 heterocycles. The summed E-state index contributed by atoms with van der Waals surface area (Å²) < 4.78 is 152. The first-order valence-electron chi connectivity index (χ1n) is 43.7. The number of nitriles is 1. The molecule has 1 aliphatic heterocycles. The number of amidine groups is 1. The lowest BCUT2D eigenvalue weighted by molar-refractivity contribution is -0.132. The highest BCUT2D eigenvalue weighted by Crippen LogP contribution is 2.42. The largest absolute Gasteiger partial charge is 0.507 e. The topological polar surface area (TPSA) is 638 Å². The maximum absolute atomic E-state index is 11.3. The van der Waals surface area contributed by atoms with E-state index in [1.807, 2.05) is 131 Å². The average molecular weight is 2100 g/mol. The molecule has 806 valence electrons. The highest BCUT2D eigenvalue weighted by atomic mass is 32.2. The summed E-state index contributed by atoms with van der Waals surface area (Å²) in [5, 5.41) is 49.7. The first-order valence-corrected chi connectivity index (χ1v) is 57.5. The molecular formula is C89H177N13O28P2S5. The van der Waals surface area contributed by atoms with E-state index < -0.39 is 87.2 Å². The van der Waals surface area contributed by atoms with Gasteiger partial charge in [-0.3, -0.25) is 62.9 Å². The van der Waals surface area contributed by atoms with Crippen molar-refractivity contribution in [1.29, 1.82) is 5.26 Å². The molecule has 3 aromatic rings. The quantitative estimate of drug-likeness (QED) is 0.0134. The second kappa shape index (κ2) is 71.7. The number of hydroxylamine groups is 1. The zero-order valence-corrected chi connectivity index (χ0v) is 97.0. The molecule has 0 saturated heterocycles. The van der Waals surface area contributed by atoms with Crippen LogP contribution in [0.2, 0.25) is 0 Å². The number of Topliss-reactive ketones (excluding diaryl/α,β-unsaturated/α-hetero) is 3. The molecule has 2 unspecified atom stereocenters. The molecule has 9 N–H and O–H groups in total. The number of methoxy groups -OCH3 is 1. The number of oxazole rings is 1. The molecule has 5 rings (SSSR count). The normalized spacial score (nSPS) is 13.0. The monoisotopic (exact) mass is 2100 g/mol. The van der Waals surface area contributed by atoms with Gasteiger partial charge in [0.25, 0.3) is 0 Å². The Bertz CT molecular complexity index is 4830. The van der Waals surface area contributed by atoms with E-state index in [-0.39, 0.29) is 138 Å². The van der Waals surface area contributed by atoms with Gasteiger partial charge < -0.3 is 33.3 Å². The van der Waals surface area contributed by atoms with Crippen molar-refractivity contribution in [3.05, 3.63) is 75.7 Å².